The maximum atomic E-state index is 13.4. The molecule has 0 aromatic carbocycles. The predicted octanol–water partition coefficient (Wildman–Crippen LogP) is 0.650. The van der Waals surface area contributed by atoms with E-state index in [1.54, 1.807) is 20.8 Å². The van der Waals surface area contributed by atoms with Crippen LogP contribution in [0.3, 0.4) is 0 Å². The third-order valence-corrected chi connectivity index (χ3v) is 5.87. The SMILES string of the molecule is CN=C1SC(/C(C)=N/NC(N)=O)(C(C(=O)OC)/C(C)=N/NC(=O)OC(C)(C)C)C(=O)N1C. The number of methoxy groups -OCH3 is 1. The largest absolute Gasteiger partial charge is 0.468 e. The van der Waals surface area contributed by atoms with Crippen molar-refractivity contribution in [3.63, 3.8) is 0 Å². The number of amidine groups is 1. The van der Waals surface area contributed by atoms with Crippen molar-refractivity contribution in [1.82, 2.24) is 15.8 Å². The van der Waals surface area contributed by atoms with Crippen LogP contribution in [0.2, 0.25) is 0 Å². The number of carbonyl (C=O) groups is 4. The van der Waals surface area contributed by atoms with Gasteiger partial charge in [0.15, 0.2) is 9.91 Å². The highest BCUT2D eigenvalue weighted by molar-refractivity contribution is 8.17. The number of amides is 4. The Labute approximate surface area is 190 Å². The van der Waals surface area contributed by atoms with Crippen LogP contribution in [0.15, 0.2) is 15.2 Å². The summed E-state index contributed by atoms with van der Waals surface area (Å²) in [5.74, 6) is -2.73. The molecule has 4 amide bonds. The van der Waals surface area contributed by atoms with E-state index in [0.717, 1.165) is 18.9 Å². The molecule has 1 aliphatic heterocycles. The summed E-state index contributed by atoms with van der Waals surface area (Å²) < 4.78 is 8.34. The first-order valence-electron chi connectivity index (χ1n) is 9.36. The molecule has 2 atom stereocenters. The van der Waals surface area contributed by atoms with Crippen molar-refractivity contribution in [2.75, 3.05) is 21.2 Å². The lowest BCUT2D eigenvalue weighted by Crippen LogP contribution is -2.55. The molecule has 0 aromatic heterocycles. The van der Waals surface area contributed by atoms with E-state index in [1.807, 2.05) is 0 Å². The zero-order valence-electron chi connectivity index (χ0n) is 19.3. The molecule has 0 bridgehead atoms. The normalized spacial score (nSPS) is 21.9. The summed E-state index contributed by atoms with van der Waals surface area (Å²) in [7, 11) is 4.11. The molecule has 4 N–H and O–H groups in total. The zero-order chi connectivity index (χ0) is 24.9. The van der Waals surface area contributed by atoms with Gasteiger partial charge in [0, 0.05) is 14.1 Å². The topological polar surface area (TPSA) is 177 Å². The van der Waals surface area contributed by atoms with Gasteiger partial charge in [-0.25, -0.2) is 20.4 Å². The van der Waals surface area contributed by atoms with E-state index in [0.29, 0.717) is 5.17 Å². The fourth-order valence-electron chi connectivity index (χ4n) is 2.88. The Morgan fingerprint density at radius 2 is 1.78 bits per heavy atom. The summed E-state index contributed by atoms with van der Waals surface area (Å²) in [4.78, 5) is 54.8. The summed E-state index contributed by atoms with van der Waals surface area (Å²) in [6.07, 6.45) is -0.853. The minimum atomic E-state index is -1.72. The number of hydrogen-bond acceptors (Lipinski definition) is 10. The van der Waals surface area contributed by atoms with Crippen molar-refractivity contribution in [2.24, 2.45) is 26.8 Å². The molecule has 0 saturated carbocycles. The van der Waals surface area contributed by atoms with Crippen LogP contribution in [-0.2, 0) is 19.1 Å². The van der Waals surface area contributed by atoms with Gasteiger partial charge in [0.25, 0.3) is 5.91 Å². The lowest BCUT2D eigenvalue weighted by molar-refractivity contribution is -0.145. The fourth-order valence-corrected chi connectivity index (χ4v) is 4.28. The van der Waals surface area contributed by atoms with Gasteiger partial charge >= 0.3 is 18.1 Å². The third kappa shape index (κ3) is 5.96. The number of esters is 1. The molecular formula is C18H29N7O6S. The number of aliphatic imine (C=N–C) groups is 1. The smallest absolute Gasteiger partial charge is 0.428 e. The van der Waals surface area contributed by atoms with Gasteiger partial charge in [-0.1, -0.05) is 11.8 Å². The quantitative estimate of drug-likeness (QED) is 0.289. The Bertz CT molecular complexity index is 880. The second kappa shape index (κ2) is 10.4. The van der Waals surface area contributed by atoms with Crippen LogP contribution >= 0.6 is 11.8 Å². The van der Waals surface area contributed by atoms with Gasteiger partial charge in [-0.3, -0.25) is 19.5 Å². The zero-order valence-corrected chi connectivity index (χ0v) is 20.1. The Hall–Kier alpha value is -3.16. The number of rotatable bonds is 6. The van der Waals surface area contributed by atoms with Gasteiger partial charge in [0.05, 0.1) is 18.5 Å². The summed E-state index contributed by atoms with van der Waals surface area (Å²) >= 11 is 0.936. The standard InChI is InChI=1S/C18H29N7O6S/c1-9(21-24-16(29)31-17(3,4)5)11(12(26)30-8)18(10(2)22-23-14(19)28)13(27)25(7)15(20-6)32-18/h11H,1-8H3,(H,24,29)(H3,19,23,28)/b20-15?,21-9+,22-10+. The number of primary amides is 1. The molecule has 0 spiro atoms. The maximum Gasteiger partial charge on any atom is 0.428 e. The van der Waals surface area contributed by atoms with E-state index in [-0.39, 0.29) is 11.4 Å². The number of hydrazone groups is 2. The second-order valence-corrected chi connectivity index (χ2v) is 8.92. The Kier molecular flexibility index (Phi) is 8.76. The maximum absolute atomic E-state index is 13.4. The van der Waals surface area contributed by atoms with Crippen molar-refractivity contribution < 1.29 is 28.7 Å². The van der Waals surface area contributed by atoms with E-state index < -0.39 is 40.3 Å². The molecule has 1 heterocycles. The van der Waals surface area contributed by atoms with Crippen LogP contribution < -0.4 is 16.6 Å². The van der Waals surface area contributed by atoms with Gasteiger partial charge in [0.1, 0.15) is 11.5 Å². The van der Waals surface area contributed by atoms with E-state index in [1.165, 1.54) is 32.8 Å². The van der Waals surface area contributed by atoms with Crippen molar-refractivity contribution in [3.8, 4) is 0 Å². The van der Waals surface area contributed by atoms with Crippen molar-refractivity contribution in [2.45, 2.75) is 45.0 Å². The second-order valence-electron chi connectivity index (χ2n) is 7.70. The first-order valence-corrected chi connectivity index (χ1v) is 10.2. The van der Waals surface area contributed by atoms with Crippen molar-refractivity contribution in [3.05, 3.63) is 0 Å². The molecule has 178 valence electrons. The lowest BCUT2D eigenvalue weighted by atomic mass is 9.83. The fraction of sp³-hybridized carbons (Fsp3) is 0.611. The summed E-state index contributed by atoms with van der Waals surface area (Å²) in [5.41, 5.74) is 8.66. The van der Waals surface area contributed by atoms with Crippen LogP contribution in [0, 0.1) is 5.92 Å². The molecule has 32 heavy (non-hydrogen) atoms. The highest BCUT2D eigenvalue weighted by atomic mass is 32.2. The molecule has 0 radical (unpaired) electrons. The first kappa shape index (κ1) is 26.9. The van der Waals surface area contributed by atoms with Gasteiger partial charge in [0.2, 0.25) is 0 Å². The highest BCUT2D eigenvalue weighted by Gasteiger charge is 2.61. The summed E-state index contributed by atoms with van der Waals surface area (Å²) in [6, 6.07) is -0.959. The number of nitrogens with two attached hydrogens (primary N) is 1. The molecule has 0 aromatic rings. The number of urea groups is 1. The van der Waals surface area contributed by atoms with Crippen molar-refractivity contribution >= 4 is 52.4 Å². The number of hydrogen-bond donors (Lipinski definition) is 3. The predicted molar refractivity (Wildman–Crippen MR) is 120 cm³/mol. The third-order valence-electron chi connectivity index (χ3n) is 4.21. The Balaban J connectivity index is 3.59. The van der Waals surface area contributed by atoms with E-state index in [4.69, 9.17) is 15.2 Å². The molecule has 13 nitrogen and oxygen atoms in total. The minimum Gasteiger partial charge on any atom is -0.468 e. The minimum absolute atomic E-state index is 0.0305. The number of thioether (sulfide) groups is 1. The molecular weight excluding hydrogens is 442 g/mol. The molecule has 14 heteroatoms. The van der Waals surface area contributed by atoms with E-state index >= 15 is 0 Å². The van der Waals surface area contributed by atoms with Crippen LogP contribution in [-0.4, -0.2) is 77.0 Å². The number of carbonyl (C=O) groups excluding carboxylic acids is 4. The Morgan fingerprint density at radius 1 is 1.19 bits per heavy atom. The molecule has 0 aliphatic carbocycles. The highest BCUT2D eigenvalue weighted by Crippen LogP contribution is 2.45. The lowest BCUT2D eigenvalue weighted by Gasteiger charge is -2.32. The summed E-state index contributed by atoms with van der Waals surface area (Å²) in [5, 5.41) is 8.14. The summed E-state index contributed by atoms with van der Waals surface area (Å²) in [6.45, 7) is 7.91. The number of nitrogens with zero attached hydrogens (tertiary/aromatic N) is 4. The number of nitrogens with one attached hydrogen (secondary N) is 2. The molecule has 1 rings (SSSR count). The first-order chi connectivity index (χ1) is 14.7. The van der Waals surface area contributed by atoms with E-state index in [9.17, 15) is 19.2 Å². The van der Waals surface area contributed by atoms with E-state index in [2.05, 4.69) is 26.0 Å². The van der Waals surface area contributed by atoms with Gasteiger partial charge < -0.3 is 15.2 Å². The molecule has 1 fully saturated rings. The monoisotopic (exact) mass is 471 g/mol. The Morgan fingerprint density at radius 3 is 2.22 bits per heavy atom. The average Bonchev–Trinajstić information content (AvgIpc) is 2.95. The van der Waals surface area contributed by atoms with Gasteiger partial charge in [-0.2, -0.15) is 10.2 Å². The average molecular weight is 472 g/mol. The van der Waals surface area contributed by atoms with Crippen LogP contribution in [0.5, 0.6) is 0 Å². The van der Waals surface area contributed by atoms with Gasteiger partial charge in [-0.05, 0) is 34.6 Å². The van der Waals surface area contributed by atoms with Crippen molar-refractivity contribution in [1.29, 1.82) is 0 Å². The van der Waals surface area contributed by atoms with Crippen LogP contribution in [0.1, 0.15) is 34.6 Å². The van der Waals surface area contributed by atoms with Crippen LogP contribution in [0.4, 0.5) is 9.59 Å². The van der Waals surface area contributed by atoms with Crippen LogP contribution in [0.25, 0.3) is 0 Å². The molecule has 2 unspecified atom stereocenters. The van der Waals surface area contributed by atoms with Gasteiger partial charge in [-0.15, -0.1) is 0 Å². The number of ether oxygens (including phenoxy) is 2. The molecule has 1 saturated heterocycles. The molecule has 1 aliphatic rings.